The van der Waals surface area contributed by atoms with Crippen LogP contribution >= 0.6 is 12.2 Å². The number of aromatic nitrogens is 2. The van der Waals surface area contributed by atoms with Crippen LogP contribution in [0.1, 0.15) is 26.5 Å². The minimum Gasteiger partial charge on any atom is -0.302 e. The second-order valence-electron chi connectivity index (χ2n) is 4.61. The lowest BCUT2D eigenvalue weighted by atomic mass is 10.1. The molecular formula is C11H20N2O2S2. The monoisotopic (exact) mass is 276 g/mol. The van der Waals surface area contributed by atoms with Gasteiger partial charge in [-0.1, -0.05) is 33.0 Å². The maximum absolute atomic E-state index is 11.4. The van der Waals surface area contributed by atoms with Crippen LogP contribution in [-0.2, 0) is 22.8 Å². The Balaban J connectivity index is 2.73. The van der Waals surface area contributed by atoms with Crippen LogP contribution in [0.25, 0.3) is 0 Å². The zero-order valence-corrected chi connectivity index (χ0v) is 12.2. The van der Waals surface area contributed by atoms with E-state index in [1.165, 1.54) is 0 Å². The van der Waals surface area contributed by atoms with E-state index >= 15 is 0 Å². The Kier molecular flexibility index (Phi) is 4.94. The van der Waals surface area contributed by atoms with Crippen molar-refractivity contribution in [1.82, 2.24) is 9.78 Å². The molecule has 4 nitrogen and oxygen atoms in total. The summed E-state index contributed by atoms with van der Waals surface area (Å²) < 4.78 is 25.2. The van der Waals surface area contributed by atoms with Crippen molar-refractivity contribution >= 4 is 22.1 Å². The molecule has 1 aromatic heterocycles. The molecule has 1 heterocycles. The van der Waals surface area contributed by atoms with Gasteiger partial charge in [0.2, 0.25) is 0 Å². The number of sulfone groups is 1. The fourth-order valence-corrected chi connectivity index (χ4v) is 2.60. The van der Waals surface area contributed by atoms with E-state index in [4.69, 9.17) is 12.2 Å². The summed E-state index contributed by atoms with van der Waals surface area (Å²) in [6, 6.07) is 1.91. The molecule has 0 saturated heterocycles. The highest BCUT2D eigenvalue weighted by Gasteiger charge is 2.09. The zero-order chi connectivity index (χ0) is 13.1. The van der Waals surface area contributed by atoms with Gasteiger partial charge in [0.15, 0.2) is 9.84 Å². The van der Waals surface area contributed by atoms with Gasteiger partial charge in [0, 0.05) is 11.4 Å². The van der Waals surface area contributed by atoms with Crippen LogP contribution in [0, 0.1) is 10.6 Å². The molecular weight excluding hydrogens is 256 g/mol. The molecule has 6 heteroatoms. The first-order valence-corrected chi connectivity index (χ1v) is 8.06. The maximum Gasteiger partial charge on any atom is 0.151 e. The van der Waals surface area contributed by atoms with Crippen LogP contribution in [0.15, 0.2) is 6.07 Å². The summed E-state index contributed by atoms with van der Waals surface area (Å²) in [6.45, 7) is 6.34. The average molecular weight is 276 g/mol. The summed E-state index contributed by atoms with van der Waals surface area (Å²) in [7, 11) is -2.94. The van der Waals surface area contributed by atoms with Crippen molar-refractivity contribution in [2.45, 2.75) is 33.7 Å². The summed E-state index contributed by atoms with van der Waals surface area (Å²) in [5, 5.41) is 3.16. The predicted molar refractivity (Wildman–Crippen MR) is 72.5 cm³/mol. The van der Waals surface area contributed by atoms with Gasteiger partial charge in [-0.2, -0.15) is 0 Å². The third kappa shape index (κ3) is 4.63. The predicted octanol–water partition coefficient (Wildman–Crippen LogP) is 2.18. The third-order valence-electron chi connectivity index (χ3n) is 2.54. The highest BCUT2D eigenvalue weighted by molar-refractivity contribution is 7.91. The summed E-state index contributed by atoms with van der Waals surface area (Å²) in [4.78, 5) is 0. The van der Waals surface area contributed by atoms with E-state index < -0.39 is 9.84 Å². The van der Waals surface area contributed by atoms with Crippen molar-refractivity contribution < 1.29 is 8.42 Å². The third-order valence-corrected chi connectivity index (χ3v) is 4.56. The van der Waals surface area contributed by atoms with Crippen molar-refractivity contribution in [3.05, 3.63) is 16.4 Å². The Morgan fingerprint density at radius 3 is 2.65 bits per heavy atom. The fourth-order valence-electron chi connectivity index (χ4n) is 1.57. The molecule has 0 saturated carbocycles. The summed E-state index contributed by atoms with van der Waals surface area (Å²) >= 11 is 5.19. The number of rotatable bonds is 6. The quantitative estimate of drug-likeness (QED) is 0.810. The van der Waals surface area contributed by atoms with Gasteiger partial charge in [-0.15, -0.1) is 0 Å². The number of aryl methyl sites for hydroxylation is 1. The van der Waals surface area contributed by atoms with E-state index in [1.54, 1.807) is 11.6 Å². The van der Waals surface area contributed by atoms with Gasteiger partial charge in [-0.3, -0.25) is 4.68 Å². The number of nitrogens with one attached hydrogen (secondary N) is 1. The molecule has 0 unspecified atom stereocenters. The van der Waals surface area contributed by atoms with Gasteiger partial charge >= 0.3 is 0 Å². The average Bonchev–Trinajstić information content (AvgIpc) is 2.55. The van der Waals surface area contributed by atoms with Gasteiger partial charge in [0.05, 0.1) is 12.3 Å². The minimum atomic E-state index is -2.94. The molecule has 0 radical (unpaired) electrons. The van der Waals surface area contributed by atoms with E-state index in [2.05, 4.69) is 18.9 Å². The second-order valence-corrected chi connectivity index (χ2v) is 7.50. The minimum absolute atomic E-state index is 0.138. The number of hydrogen-bond donors (Lipinski definition) is 1. The number of H-pyrrole nitrogens is 1. The van der Waals surface area contributed by atoms with E-state index in [1.807, 2.05) is 6.07 Å². The van der Waals surface area contributed by atoms with Crippen LogP contribution in [0.5, 0.6) is 0 Å². The lowest BCUT2D eigenvalue weighted by Crippen LogP contribution is -2.15. The van der Waals surface area contributed by atoms with Crippen molar-refractivity contribution in [2.75, 3.05) is 11.5 Å². The SMILES string of the molecule is CCS(=O)(=O)CCn1[nH]c(CC(C)C)cc1=S. The van der Waals surface area contributed by atoms with E-state index in [-0.39, 0.29) is 11.5 Å². The van der Waals surface area contributed by atoms with Crippen LogP contribution in [0.2, 0.25) is 0 Å². The lowest BCUT2D eigenvalue weighted by Gasteiger charge is -2.04. The number of aromatic amines is 1. The Labute approximate surface area is 108 Å². The molecule has 0 aliphatic carbocycles. The van der Waals surface area contributed by atoms with Gasteiger partial charge in [-0.25, -0.2) is 8.42 Å². The molecule has 0 amide bonds. The molecule has 0 bridgehead atoms. The number of nitrogens with zero attached hydrogens (tertiary/aromatic N) is 1. The Morgan fingerprint density at radius 1 is 1.47 bits per heavy atom. The number of hydrogen-bond acceptors (Lipinski definition) is 3. The van der Waals surface area contributed by atoms with Crippen LogP contribution in [0.3, 0.4) is 0 Å². The molecule has 0 atom stereocenters. The van der Waals surface area contributed by atoms with Gasteiger partial charge < -0.3 is 5.10 Å². The molecule has 0 spiro atoms. The fraction of sp³-hybridized carbons (Fsp3) is 0.727. The standard InChI is InChI=1S/C11H20N2O2S2/c1-4-17(14,15)6-5-13-11(16)8-10(12-13)7-9(2)3/h8-9,12H,4-7H2,1-3H3. The molecule has 1 aromatic rings. The molecule has 17 heavy (non-hydrogen) atoms. The van der Waals surface area contributed by atoms with Gasteiger partial charge in [0.1, 0.15) is 4.64 Å². The topological polar surface area (TPSA) is 54.9 Å². The normalized spacial score (nSPS) is 12.2. The Hall–Kier alpha value is -0.620. The summed E-state index contributed by atoms with van der Waals surface area (Å²) in [5.41, 5.74) is 1.07. The first-order chi connectivity index (χ1) is 7.84. The second kappa shape index (κ2) is 5.82. The van der Waals surface area contributed by atoms with Crippen LogP contribution < -0.4 is 0 Å². The molecule has 0 aromatic carbocycles. The van der Waals surface area contributed by atoms with Crippen LogP contribution in [0.4, 0.5) is 0 Å². The Morgan fingerprint density at radius 2 is 2.12 bits per heavy atom. The van der Waals surface area contributed by atoms with Crippen molar-refractivity contribution in [3.63, 3.8) is 0 Å². The summed E-state index contributed by atoms with van der Waals surface area (Å²) in [5.74, 6) is 0.871. The van der Waals surface area contributed by atoms with E-state index in [9.17, 15) is 8.42 Å². The maximum atomic E-state index is 11.4. The molecule has 98 valence electrons. The molecule has 1 rings (SSSR count). The highest BCUT2D eigenvalue weighted by Crippen LogP contribution is 2.07. The summed E-state index contributed by atoms with van der Waals surface area (Å²) in [6.07, 6.45) is 0.928. The van der Waals surface area contributed by atoms with Crippen molar-refractivity contribution in [1.29, 1.82) is 0 Å². The first kappa shape index (κ1) is 14.4. The Bertz CT molecular complexity index is 512. The van der Waals surface area contributed by atoms with Gasteiger partial charge in [-0.05, 0) is 18.4 Å². The molecule has 1 N–H and O–H groups in total. The van der Waals surface area contributed by atoms with Crippen molar-refractivity contribution in [3.8, 4) is 0 Å². The molecule has 0 aliphatic heterocycles. The molecule has 0 aliphatic rings. The largest absolute Gasteiger partial charge is 0.302 e. The van der Waals surface area contributed by atoms with Crippen LogP contribution in [-0.4, -0.2) is 29.7 Å². The first-order valence-electron chi connectivity index (χ1n) is 5.83. The van der Waals surface area contributed by atoms with E-state index in [0.29, 0.717) is 17.1 Å². The van der Waals surface area contributed by atoms with E-state index in [0.717, 1.165) is 12.1 Å². The van der Waals surface area contributed by atoms with Crippen molar-refractivity contribution in [2.24, 2.45) is 5.92 Å². The lowest BCUT2D eigenvalue weighted by molar-refractivity contribution is 0.572. The highest BCUT2D eigenvalue weighted by atomic mass is 32.2. The molecule has 0 fully saturated rings. The smallest absolute Gasteiger partial charge is 0.151 e. The zero-order valence-electron chi connectivity index (χ0n) is 10.6. The van der Waals surface area contributed by atoms with Gasteiger partial charge in [0.25, 0.3) is 0 Å².